The van der Waals surface area contributed by atoms with Crippen LogP contribution < -0.4 is 0 Å². The highest BCUT2D eigenvalue weighted by Crippen LogP contribution is 2.41. The van der Waals surface area contributed by atoms with Crippen molar-refractivity contribution in [3.8, 4) is 11.3 Å². The Morgan fingerprint density at radius 1 is 1.00 bits per heavy atom. The number of ether oxygens (including phenoxy) is 1. The average Bonchev–Trinajstić information content (AvgIpc) is 3.35. The lowest BCUT2D eigenvalue weighted by Gasteiger charge is -2.38. The van der Waals surface area contributed by atoms with Crippen molar-refractivity contribution in [2.75, 3.05) is 7.11 Å². The van der Waals surface area contributed by atoms with Gasteiger partial charge in [0.15, 0.2) is 14.1 Å². The first kappa shape index (κ1) is 27.9. The molecule has 0 saturated heterocycles. The summed E-state index contributed by atoms with van der Waals surface area (Å²) in [7, 11) is -0.649. The first-order valence-corrected chi connectivity index (χ1v) is 15.9. The number of unbranched alkanes of at least 4 members (excludes halogenated alkanes) is 3. The lowest BCUT2D eigenvalue weighted by Crippen LogP contribution is -2.41. The van der Waals surface area contributed by atoms with Gasteiger partial charge in [-0.1, -0.05) is 82.5 Å². The highest BCUT2D eigenvalue weighted by Gasteiger charge is 2.40. The summed E-state index contributed by atoms with van der Waals surface area (Å²) in [6.07, 6.45) is 8.14. The number of oxazole rings is 1. The number of benzene rings is 2. The predicted molar refractivity (Wildman–Crippen MR) is 148 cm³/mol. The number of aromatic nitrogens is 1. The molecule has 0 fully saturated rings. The van der Waals surface area contributed by atoms with E-state index >= 15 is 0 Å². The molecule has 0 N–H and O–H groups in total. The number of hydrogen-bond donors (Lipinski definition) is 0. The molecule has 0 saturated carbocycles. The van der Waals surface area contributed by atoms with Gasteiger partial charge in [0.2, 0.25) is 5.89 Å². The van der Waals surface area contributed by atoms with E-state index in [1.807, 2.05) is 12.1 Å². The Bertz CT molecular complexity index is 1100. The predicted octanol–water partition coefficient (Wildman–Crippen LogP) is 8.38. The fourth-order valence-corrected chi connectivity index (χ4v) is 5.19. The third-order valence-corrected chi connectivity index (χ3v) is 11.6. The highest BCUT2D eigenvalue weighted by molar-refractivity contribution is 6.74. The zero-order valence-corrected chi connectivity index (χ0v) is 23.7. The number of esters is 1. The fraction of sp³-hybridized carbons (Fsp3) is 0.467. The summed E-state index contributed by atoms with van der Waals surface area (Å²) in [6.45, 7) is 11.3. The van der Waals surface area contributed by atoms with Gasteiger partial charge in [-0.05, 0) is 55.1 Å². The van der Waals surface area contributed by atoms with E-state index in [9.17, 15) is 4.79 Å². The molecular formula is C30H41NO4Si. The maximum Gasteiger partial charge on any atom is 0.337 e. The SMILES string of the molecule is COC(=O)c1cccc(-c2cnc(C(CCCCCCc3ccccc3)O[Si](C)(C)C(C)(C)C)o2)c1. The van der Waals surface area contributed by atoms with E-state index in [0.717, 1.165) is 31.2 Å². The maximum absolute atomic E-state index is 12.0. The molecule has 5 nitrogen and oxygen atoms in total. The number of carbonyl (C=O) groups excluding carboxylic acids is 1. The maximum atomic E-state index is 12.0. The Balaban J connectivity index is 1.68. The standard InChI is InChI=1S/C30H41NO4Si/c1-30(2,3)36(5,6)35-26(20-13-8-7-10-15-23-16-11-9-12-17-23)28-31-22-27(34-28)24-18-14-19-25(21-24)29(32)33-4/h9,11-12,14,16-19,21-22,26H,7-8,10,13,15,20H2,1-6H3. The number of methoxy groups -OCH3 is 1. The van der Waals surface area contributed by atoms with Gasteiger partial charge in [-0.3, -0.25) is 0 Å². The summed E-state index contributed by atoms with van der Waals surface area (Å²) in [5.74, 6) is 0.869. The van der Waals surface area contributed by atoms with E-state index in [4.69, 9.17) is 13.6 Å². The number of nitrogens with zero attached hydrogens (tertiary/aromatic N) is 1. The monoisotopic (exact) mass is 507 g/mol. The van der Waals surface area contributed by atoms with Crippen molar-refractivity contribution in [3.63, 3.8) is 0 Å². The number of rotatable bonds is 12. The van der Waals surface area contributed by atoms with Crippen molar-refractivity contribution in [3.05, 3.63) is 77.8 Å². The van der Waals surface area contributed by atoms with Crippen molar-refractivity contribution in [1.29, 1.82) is 0 Å². The van der Waals surface area contributed by atoms with Gasteiger partial charge in [0.1, 0.15) is 6.10 Å². The number of hydrogen-bond acceptors (Lipinski definition) is 5. The van der Waals surface area contributed by atoms with E-state index in [1.165, 1.54) is 25.5 Å². The van der Waals surface area contributed by atoms with E-state index in [0.29, 0.717) is 17.2 Å². The number of carbonyl (C=O) groups is 1. The molecule has 3 rings (SSSR count). The molecule has 0 aliphatic carbocycles. The van der Waals surface area contributed by atoms with Crippen molar-refractivity contribution in [2.45, 2.75) is 83.5 Å². The molecule has 0 spiro atoms. The summed E-state index contributed by atoms with van der Waals surface area (Å²) < 4.78 is 17.9. The summed E-state index contributed by atoms with van der Waals surface area (Å²) in [6, 6.07) is 17.9. The van der Waals surface area contributed by atoms with Gasteiger partial charge < -0.3 is 13.6 Å². The Kier molecular flexibility index (Phi) is 9.68. The van der Waals surface area contributed by atoms with Crippen LogP contribution in [0.1, 0.15) is 80.8 Å². The van der Waals surface area contributed by atoms with Gasteiger partial charge in [-0.2, -0.15) is 0 Å². The van der Waals surface area contributed by atoms with Gasteiger partial charge in [0, 0.05) is 5.56 Å². The van der Waals surface area contributed by atoms with Crippen LogP contribution in [-0.4, -0.2) is 26.4 Å². The van der Waals surface area contributed by atoms with Crippen LogP contribution in [0.25, 0.3) is 11.3 Å². The second-order valence-corrected chi connectivity index (χ2v) is 15.7. The molecule has 194 valence electrons. The zero-order valence-electron chi connectivity index (χ0n) is 22.7. The van der Waals surface area contributed by atoms with E-state index in [1.54, 1.807) is 18.3 Å². The lowest BCUT2D eigenvalue weighted by molar-refractivity contribution is 0.0600. The number of aryl methyl sites for hydroxylation is 1. The molecule has 0 amide bonds. The molecule has 1 aromatic heterocycles. The molecule has 0 bridgehead atoms. The Morgan fingerprint density at radius 3 is 2.42 bits per heavy atom. The van der Waals surface area contributed by atoms with Crippen molar-refractivity contribution >= 4 is 14.3 Å². The molecule has 3 aromatic rings. The summed E-state index contributed by atoms with van der Waals surface area (Å²) in [4.78, 5) is 16.6. The average molecular weight is 508 g/mol. The lowest BCUT2D eigenvalue weighted by atomic mass is 10.0. The van der Waals surface area contributed by atoms with Crippen LogP contribution in [0, 0.1) is 0 Å². The van der Waals surface area contributed by atoms with Crippen LogP contribution in [0.3, 0.4) is 0 Å². The molecule has 0 aliphatic rings. The normalized spacial score (nSPS) is 12.9. The Labute approximate surface area is 217 Å². The first-order chi connectivity index (χ1) is 17.1. The molecular weight excluding hydrogens is 466 g/mol. The molecule has 6 heteroatoms. The fourth-order valence-electron chi connectivity index (χ4n) is 3.91. The summed E-state index contributed by atoms with van der Waals surface area (Å²) in [5, 5.41) is 0.0885. The zero-order chi connectivity index (χ0) is 26.2. The topological polar surface area (TPSA) is 61.6 Å². The third kappa shape index (κ3) is 7.65. The highest BCUT2D eigenvalue weighted by atomic mass is 28.4. The molecule has 1 atom stereocenters. The minimum Gasteiger partial charge on any atom is -0.465 e. The van der Waals surface area contributed by atoms with Crippen LogP contribution in [-0.2, 0) is 15.6 Å². The van der Waals surface area contributed by atoms with Crippen molar-refractivity contribution in [1.82, 2.24) is 4.98 Å². The molecule has 36 heavy (non-hydrogen) atoms. The quantitative estimate of drug-likeness (QED) is 0.140. The van der Waals surface area contributed by atoms with Crippen LogP contribution in [0.5, 0.6) is 0 Å². The van der Waals surface area contributed by atoms with Crippen LogP contribution in [0.4, 0.5) is 0 Å². The summed E-state index contributed by atoms with van der Waals surface area (Å²) >= 11 is 0. The molecule has 2 aromatic carbocycles. The van der Waals surface area contributed by atoms with Gasteiger partial charge in [-0.15, -0.1) is 0 Å². The van der Waals surface area contributed by atoms with Crippen LogP contribution in [0.15, 0.2) is 65.2 Å². The van der Waals surface area contributed by atoms with Crippen LogP contribution in [0.2, 0.25) is 18.1 Å². The largest absolute Gasteiger partial charge is 0.465 e. The molecule has 0 radical (unpaired) electrons. The van der Waals surface area contributed by atoms with Crippen molar-refractivity contribution in [2.24, 2.45) is 0 Å². The van der Waals surface area contributed by atoms with Crippen LogP contribution >= 0.6 is 0 Å². The second kappa shape index (κ2) is 12.5. The molecule has 0 aliphatic heterocycles. The third-order valence-electron chi connectivity index (χ3n) is 7.13. The Hall–Kier alpha value is -2.70. The van der Waals surface area contributed by atoms with Gasteiger partial charge >= 0.3 is 5.97 Å². The van der Waals surface area contributed by atoms with Gasteiger partial charge in [-0.25, -0.2) is 9.78 Å². The van der Waals surface area contributed by atoms with Gasteiger partial charge in [0.05, 0.1) is 18.9 Å². The van der Waals surface area contributed by atoms with Crippen molar-refractivity contribution < 1.29 is 18.4 Å². The minimum absolute atomic E-state index is 0.0885. The minimum atomic E-state index is -2.03. The molecule has 1 unspecified atom stereocenters. The first-order valence-electron chi connectivity index (χ1n) is 13.0. The second-order valence-electron chi connectivity index (χ2n) is 10.9. The van der Waals surface area contributed by atoms with E-state index in [-0.39, 0.29) is 17.1 Å². The smallest absolute Gasteiger partial charge is 0.337 e. The van der Waals surface area contributed by atoms with E-state index in [2.05, 4.69) is 69.2 Å². The Morgan fingerprint density at radius 2 is 1.72 bits per heavy atom. The summed E-state index contributed by atoms with van der Waals surface area (Å²) in [5.41, 5.74) is 2.68. The van der Waals surface area contributed by atoms with Gasteiger partial charge in [0.25, 0.3) is 0 Å². The van der Waals surface area contributed by atoms with E-state index < -0.39 is 8.32 Å². The molecule has 1 heterocycles.